The summed E-state index contributed by atoms with van der Waals surface area (Å²) in [6.07, 6.45) is -2.40. The van der Waals surface area contributed by atoms with E-state index in [1.807, 2.05) is 0 Å². The highest BCUT2D eigenvalue weighted by Gasteiger charge is 2.38. The van der Waals surface area contributed by atoms with Crippen LogP contribution in [-0.4, -0.2) is 35.6 Å². The first-order chi connectivity index (χ1) is 14.1. The van der Waals surface area contributed by atoms with Gasteiger partial charge in [-0.3, -0.25) is 4.79 Å². The van der Waals surface area contributed by atoms with Crippen molar-refractivity contribution in [2.45, 2.75) is 32.9 Å². The fraction of sp³-hybridized carbons (Fsp3) is 0.450. The lowest BCUT2D eigenvalue weighted by Gasteiger charge is -2.22. The Morgan fingerprint density at radius 3 is 2.47 bits per heavy atom. The van der Waals surface area contributed by atoms with Crippen LogP contribution < -0.4 is 10.6 Å². The summed E-state index contributed by atoms with van der Waals surface area (Å²) in [4.78, 5) is 19.9. The molecule has 3 rings (SSSR count). The molecule has 1 fully saturated rings. The summed E-state index contributed by atoms with van der Waals surface area (Å²) in [6, 6.07) is 3.36. The molecule has 1 aliphatic heterocycles. The second-order valence-electron chi connectivity index (χ2n) is 7.26. The number of aromatic nitrogens is 2. The third-order valence-corrected chi connectivity index (χ3v) is 5.15. The average molecular weight is 443 g/mol. The average Bonchev–Trinajstić information content (AvgIpc) is 2.69. The smallest absolute Gasteiger partial charge is 0.381 e. The summed E-state index contributed by atoms with van der Waals surface area (Å²) < 4.78 is 46.1. The van der Waals surface area contributed by atoms with Crippen molar-refractivity contribution >= 4 is 29.1 Å². The molecule has 0 atom stereocenters. The zero-order valence-corrected chi connectivity index (χ0v) is 17.3. The third kappa shape index (κ3) is 5.40. The van der Waals surface area contributed by atoms with Gasteiger partial charge < -0.3 is 15.4 Å². The maximum absolute atomic E-state index is 13.6. The number of rotatable bonds is 5. The third-order valence-electron chi connectivity index (χ3n) is 4.93. The van der Waals surface area contributed by atoms with E-state index in [4.69, 9.17) is 16.3 Å². The number of carbonyl (C=O) groups is 1. The van der Waals surface area contributed by atoms with Crippen LogP contribution in [0.2, 0.25) is 5.02 Å². The quantitative estimate of drug-likeness (QED) is 0.704. The number of aryl methyl sites for hydroxylation is 2. The lowest BCUT2D eigenvalue weighted by atomic mass is 10.0. The molecule has 2 N–H and O–H groups in total. The van der Waals surface area contributed by atoms with Crippen molar-refractivity contribution in [1.82, 2.24) is 15.3 Å². The summed E-state index contributed by atoms with van der Waals surface area (Å²) >= 11 is 5.99. The number of alkyl halides is 3. The summed E-state index contributed by atoms with van der Waals surface area (Å²) in [5, 5.41) is 5.89. The Bertz CT molecular complexity index is 908. The molecule has 30 heavy (non-hydrogen) atoms. The number of hydrogen-bond donors (Lipinski definition) is 2. The van der Waals surface area contributed by atoms with Crippen LogP contribution in [0.4, 0.5) is 24.8 Å². The Balaban J connectivity index is 1.82. The molecule has 1 aromatic carbocycles. The maximum atomic E-state index is 13.6. The molecule has 1 aliphatic rings. The van der Waals surface area contributed by atoms with Gasteiger partial charge in [-0.05, 0) is 55.9 Å². The number of ether oxygens (including phenoxy) is 1. The number of halogens is 4. The van der Waals surface area contributed by atoms with Gasteiger partial charge in [-0.1, -0.05) is 11.6 Å². The van der Waals surface area contributed by atoms with Gasteiger partial charge in [-0.25, -0.2) is 9.97 Å². The van der Waals surface area contributed by atoms with Gasteiger partial charge in [-0.15, -0.1) is 0 Å². The largest absolute Gasteiger partial charge is 0.434 e. The van der Waals surface area contributed by atoms with Gasteiger partial charge in [0, 0.05) is 36.7 Å². The zero-order valence-electron chi connectivity index (χ0n) is 16.6. The molecule has 0 unspecified atom stereocenters. The standard InChI is InChI=1S/C20H22ClF3N4O2/c1-11-7-14(21)8-12(2)16(11)27-19-26-10-15(17(28-19)20(22,23)24)18(29)25-9-13-3-5-30-6-4-13/h7-8,10,13H,3-6,9H2,1-2H3,(H,25,29)(H,26,27,28). The second-order valence-corrected chi connectivity index (χ2v) is 7.70. The Labute approximate surface area is 177 Å². The zero-order chi connectivity index (χ0) is 21.9. The van der Waals surface area contributed by atoms with Crippen molar-refractivity contribution in [2.75, 3.05) is 25.1 Å². The van der Waals surface area contributed by atoms with Crippen LogP contribution in [0.25, 0.3) is 0 Å². The molecule has 0 aliphatic carbocycles. The lowest BCUT2D eigenvalue weighted by molar-refractivity contribution is -0.141. The Morgan fingerprint density at radius 2 is 1.87 bits per heavy atom. The number of carbonyl (C=O) groups excluding carboxylic acids is 1. The molecule has 1 amide bonds. The fourth-order valence-corrected chi connectivity index (χ4v) is 3.65. The van der Waals surface area contributed by atoms with Crippen molar-refractivity contribution in [1.29, 1.82) is 0 Å². The van der Waals surface area contributed by atoms with Crippen molar-refractivity contribution in [3.63, 3.8) is 0 Å². The number of nitrogens with one attached hydrogen (secondary N) is 2. The van der Waals surface area contributed by atoms with E-state index in [0.29, 0.717) is 23.9 Å². The van der Waals surface area contributed by atoms with E-state index < -0.39 is 23.3 Å². The molecule has 0 spiro atoms. The van der Waals surface area contributed by atoms with Gasteiger partial charge in [-0.2, -0.15) is 13.2 Å². The first-order valence-electron chi connectivity index (χ1n) is 9.49. The summed E-state index contributed by atoms with van der Waals surface area (Å²) in [5.74, 6) is -0.925. The molecule has 6 nitrogen and oxygen atoms in total. The molecule has 0 radical (unpaired) electrons. The topological polar surface area (TPSA) is 76.1 Å². The molecule has 10 heteroatoms. The van der Waals surface area contributed by atoms with E-state index in [-0.39, 0.29) is 18.4 Å². The Morgan fingerprint density at radius 1 is 1.23 bits per heavy atom. The van der Waals surface area contributed by atoms with Crippen molar-refractivity contribution in [3.05, 3.63) is 45.7 Å². The number of benzene rings is 1. The van der Waals surface area contributed by atoms with Crippen LogP contribution in [0, 0.1) is 19.8 Å². The van der Waals surface area contributed by atoms with Crippen LogP contribution in [0.15, 0.2) is 18.3 Å². The second kappa shape index (κ2) is 9.18. The molecule has 0 bridgehead atoms. The van der Waals surface area contributed by atoms with Crippen LogP contribution in [0.5, 0.6) is 0 Å². The minimum atomic E-state index is -4.81. The van der Waals surface area contributed by atoms with E-state index in [1.54, 1.807) is 26.0 Å². The van der Waals surface area contributed by atoms with Crippen molar-refractivity contribution in [2.24, 2.45) is 5.92 Å². The minimum Gasteiger partial charge on any atom is -0.381 e. The number of amides is 1. The number of nitrogens with zero attached hydrogens (tertiary/aromatic N) is 2. The van der Waals surface area contributed by atoms with E-state index in [2.05, 4.69) is 20.6 Å². The fourth-order valence-electron chi connectivity index (χ4n) is 3.33. The van der Waals surface area contributed by atoms with Crippen molar-refractivity contribution in [3.8, 4) is 0 Å². The number of hydrogen-bond acceptors (Lipinski definition) is 5. The predicted molar refractivity (Wildman–Crippen MR) is 107 cm³/mol. The summed E-state index contributed by atoms with van der Waals surface area (Å²) in [7, 11) is 0. The van der Waals surface area contributed by atoms with Gasteiger partial charge in [0.1, 0.15) is 0 Å². The highest BCUT2D eigenvalue weighted by atomic mass is 35.5. The molecule has 0 saturated carbocycles. The first-order valence-corrected chi connectivity index (χ1v) is 9.87. The highest BCUT2D eigenvalue weighted by molar-refractivity contribution is 6.30. The predicted octanol–water partition coefficient (Wildman–Crippen LogP) is 4.67. The molecular weight excluding hydrogens is 421 g/mol. The molecule has 1 saturated heterocycles. The van der Waals surface area contributed by atoms with Gasteiger partial charge in [0.15, 0.2) is 5.69 Å². The van der Waals surface area contributed by atoms with Crippen LogP contribution in [0.1, 0.15) is 40.0 Å². The van der Waals surface area contributed by atoms with Crippen LogP contribution >= 0.6 is 11.6 Å². The number of anilines is 2. The Hall–Kier alpha value is -2.39. The minimum absolute atomic E-state index is 0.176. The Kier molecular flexibility index (Phi) is 6.82. The monoisotopic (exact) mass is 442 g/mol. The van der Waals surface area contributed by atoms with Gasteiger partial charge in [0.05, 0.1) is 5.56 Å². The van der Waals surface area contributed by atoms with Crippen LogP contribution in [0.3, 0.4) is 0 Å². The van der Waals surface area contributed by atoms with E-state index in [1.165, 1.54) is 0 Å². The molecule has 2 heterocycles. The lowest BCUT2D eigenvalue weighted by Crippen LogP contribution is -2.33. The highest BCUT2D eigenvalue weighted by Crippen LogP contribution is 2.32. The molecule has 2 aromatic rings. The van der Waals surface area contributed by atoms with E-state index >= 15 is 0 Å². The maximum Gasteiger partial charge on any atom is 0.434 e. The first kappa shape index (κ1) is 22.3. The van der Waals surface area contributed by atoms with Gasteiger partial charge in [0.2, 0.25) is 5.95 Å². The SMILES string of the molecule is Cc1cc(Cl)cc(C)c1Nc1ncc(C(=O)NCC2CCOCC2)c(C(F)(F)F)n1. The van der Waals surface area contributed by atoms with Gasteiger partial charge >= 0.3 is 6.18 Å². The summed E-state index contributed by atoms with van der Waals surface area (Å²) in [5.41, 5.74) is 0.133. The van der Waals surface area contributed by atoms with Crippen molar-refractivity contribution < 1.29 is 22.7 Å². The van der Waals surface area contributed by atoms with Gasteiger partial charge in [0.25, 0.3) is 5.91 Å². The molecule has 1 aromatic heterocycles. The molecule has 162 valence electrons. The normalized spacial score (nSPS) is 15.1. The van der Waals surface area contributed by atoms with Crippen LogP contribution in [-0.2, 0) is 10.9 Å². The molecular formula is C20H22ClF3N4O2. The van der Waals surface area contributed by atoms with E-state index in [9.17, 15) is 18.0 Å². The summed E-state index contributed by atoms with van der Waals surface area (Å²) in [6.45, 7) is 4.99. The van der Waals surface area contributed by atoms with E-state index in [0.717, 1.165) is 30.2 Å².